The number of nitrogens with zero attached hydrogens (tertiary/aromatic N) is 3. The summed E-state index contributed by atoms with van der Waals surface area (Å²) in [6.07, 6.45) is 7.83. The molecule has 0 spiro atoms. The number of likely N-dealkylation sites (N-methyl/N-ethyl adjacent to an activating group) is 1. The van der Waals surface area contributed by atoms with Crippen molar-refractivity contribution in [2.75, 3.05) is 16.3 Å². The zero-order valence-electron chi connectivity index (χ0n) is 24.0. The molecule has 6 heteroatoms. The van der Waals surface area contributed by atoms with Gasteiger partial charge in [-0.2, -0.15) is 5.26 Å². The number of allylic oxidation sites excluding steroid dienone is 2. The lowest BCUT2D eigenvalue weighted by molar-refractivity contribution is 0.182. The molecule has 7 rings (SSSR count). The van der Waals surface area contributed by atoms with Gasteiger partial charge in [0.15, 0.2) is 0 Å². The van der Waals surface area contributed by atoms with E-state index in [0.717, 1.165) is 55.5 Å². The van der Waals surface area contributed by atoms with Crippen LogP contribution in [-0.4, -0.2) is 27.5 Å². The number of nitriles is 1. The van der Waals surface area contributed by atoms with Crippen LogP contribution in [0.4, 0.5) is 11.4 Å². The Bertz CT molecular complexity index is 1700. The minimum Gasteiger partial charge on any atom is -0.358 e. The Morgan fingerprint density at radius 2 is 1.59 bits per heavy atom. The predicted octanol–water partition coefficient (Wildman–Crippen LogP) is 7.20. The van der Waals surface area contributed by atoms with Crippen molar-refractivity contribution in [1.29, 1.82) is 5.26 Å². The van der Waals surface area contributed by atoms with Crippen LogP contribution < -0.4 is 9.21 Å². The zero-order valence-corrected chi connectivity index (χ0v) is 24.9. The summed E-state index contributed by atoms with van der Waals surface area (Å²) in [6, 6.07) is 25.8. The quantitative estimate of drug-likeness (QED) is 0.315. The van der Waals surface area contributed by atoms with Gasteiger partial charge >= 0.3 is 0 Å². The number of sulfonamides is 1. The van der Waals surface area contributed by atoms with E-state index >= 15 is 0 Å². The summed E-state index contributed by atoms with van der Waals surface area (Å²) in [7, 11) is -1.76. The topological polar surface area (TPSA) is 64.4 Å². The maximum Gasteiger partial charge on any atom is 0.264 e. The molecule has 210 valence electrons. The van der Waals surface area contributed by atoms with Crippen molar-refractivity contribution in [2.45, 2.75) is 86.1 Å². The normalized spacial score (nSPS) is 29.8. The fraction of sp³-hybridized carbons (Fsp3) is 0.400. The lowest BCUT2D eigenvalue weighted by atomic mass is 9.51. The molecule has 0 unspecified atom stereocenters. The number of rotatable bonds is 4. The van der Waals surface area contributed by atoms with Crippen molar-refractivity contribution in [3.63, 3.8) is 0 Å². The lowest BCUT2D eigenvalue weighted by Gasteiger charge is -2.51. The van der Waals surface area contributed by atoms with Gasteiger partial charge in [0.05, 0.1) is 22.7 Å². The molecule has 0 N–H and O–H groups in total. The van der Waals surface area contributed by atoms with E-state index in [1.807, 2.05) is 18.2 Å². The summed E-state index contributed by atoms with van der Waals surface area (Å²) >= 11 is 0. The van der Waals surface area contributed by atoms with Crippen LogP contribution in [0.2, 0.25) is 0 Å². The molecule has 1 fully saturated rings. The highest BCUT2D eigenvalue weighted by molar-refractivity contribution is 7.92. The number of hydrogen-bond donors (Lipinski definition) is 0. The Hall–Kier alpha value is -3.56. The molecule has 1 saturated carbocycles. The summed E-state index contributed by atoms with van der Waals surface area (Å²) in [4.78, 5) is 2.52. The van der Waals surface area contributed by atoms with E-state index in [4.69, 9.17) is 0 Å². The second-order valence-corrected chi connectivity index (χ2v) is 14.4. The number of anilines is 2. The van der Waals surface area contributed by atoms with Crippen LogP contribution in [0, 0.1) is 11.3 Å². The standard InChI is InChI=1S/C35H37N3O2S/c1-24(2)22-25-12-10-21-35(32(23-36)37(3)30-18-9-15-27(25)33(30)35)34-20-11-19-31(34)38(29-17-8-7-16-28(29)34)41(39,40)26-13-5-4-6-14-26/h4-9,13-18,22,25,31-32H,10-12,19-21H2,1-3H3/t25-,31-,32-,34+,35-/m1/s1. The number of fused-ring (bicyclic) bond motifs is 4. The first-order valence-corrected chi connectivity index (χ1v) is 16.3. The molecule has 5 nitrogen and oxygen atoms in total. The summed E-state index contributed by atoms with van der Waals surface area (Å²) < 4.78 is 30.8. The van der Waals surface area contributed by atoms with Crippen molar-refractivity contribution in [1.82, 2.24) is 0 Å². The fourth-order valence-electron chi connectivity index (χ4n) is 9.33. The number of benzene rings is 3. The van der Waals surface area contributed by atoms with Gasteiger partial charge in [0.25, 0.3) is 10.0 Å². The highest BCUT2D eigenvalue weighted by Crippen LogP contribution is 2.70. The molecule has 2 aliphatic carbocycles. The van der Waals surface area contributed by atoms with E-state index in [1.54, 1.807) is 28.6 Å². The summed E-state index contributed by atoms with van der Waals surface area (Å²) in [5, 5.41) is 11.0. The van der Waals surface area contributed by atoms with Crippen molar-refractivity contribution in [2.24, 2.45) is 0 Å². The smallest absolute Gasteiger partial charge is 0.264 e. The SMILES string of the molecule is CC(C)=C[C@H]1CCC[C@]2([C@]34CCC[C@H]3N(S(=O)(=O)c3ccccc3)c3ccccc34)c3c1cccc3N(C)[C@@H]2C#N. The van der Waals surface area contributed by atoms with Gasteiger partial charge < -0.3 is 4.90 Å². The number of para-hydroxylation sites is 1. The molecule has 5 atom stereocenters. The number of hydrogen-bond acceptors (Lipinski definition) is 4. The van der Waals surface area contributed by atoms with Gasteiger partial charge in [-0.3, -0.25) is 4.31 Å². The van der Waals surface area contributed by atoms with Gasteiger partial charge in [-0.15, -0.1) is 0 Å². The Labute approximate surface area is 244 Å². The monoisotopic (exact) mass is 563 g/mol. The molecule has 3 aromatic carbocycles. The average Bonchev–Trinajstić information content (AvgIpc) is 3.56. The third-order valence-corrected chi connectivity index (χ3v) is 12.4. The van der Waals surface area contributed by atoms with Crippen LogP contribution in [0.1, 0.15) is 75.0 Å². The molecule has 41 heavy (non-hydrogen) atoms. The van der Waals surface area contributed by atoms with Crippen LogP contribution in [0.15, 0.2) is 89.3 Å². The Kier molecular flexibility index (Phi) is 5.93. The molecule has 0 aromatic heterocycles. The van der Waals surface area contributed by atoms with Crippen molar-refractivity contribution in [3.05, 3.63) is 101 Å². The van der Waals surface area contributed by atoms with Crippen LogP contribution in [0.25, 0.3) is 0 Å². The molecule has 0 saturated heterocycles. The zero-order chi connectivity index (χ0) is 28.6. The highest BCUT2D eigenvalue weighted by atomic mass is 32.2. The molecular weight excluding hydrogens is 526 g/mol. The van der Waals surface area contributed by atoms with E-state index < -0.39 is 26.9 Å². The third-order valence-electron chi connectivity index (χ3n) is 10.5. The van der Waals surface area contributed by atoms with Gasteiger partial charge in [-0.1, -0.05) is 73.0 Å². The van der Waals surface area contributed by atoms with Crippen molar-refractivity contribution in [3.8, 4) is 6.07 Å². The Morgan fingerprint density at radius 3 is 2.34 bits per heavy atom. The minimum absolute atomic E-state index is 0.256. The van der Waals surface area contributed by atoms with Crippen LogP contribution in [0.5, 0.6) is 0 Å². The van der Waals surface area contributed by atoms with E-state index in [9.17, 15) is 13.7 Å². The van der Waals surface area contributed by atoms with Gasteiger partial charge in [-0.25, -0.2) is 8.42 Å². The maximum absolute atomic E-state index is 14.5. The van der Waals surface area contributed by atoms with Gasteiger partial charge in [0.1, 0.15) is 6.04 Å². The molecule has 2 aliphatic heterocycles. The van der Waals surface area contributed by atoms with Crippen LogP contribution in [-0.2, 0) is 20.9 Å². The van der Waals surface area contributed by atoms with Gasteiger partial charge in [0, 0.05) is 29.5 Å². The predicted molar refractivity (Wildman–Crippen MR) is 164 cm³/mol. The fourth-order valence-corrected chi connectivity index (χ4v) is 11.1. The molecule has 0 amide bonds. The highest BCUT2D eigenvalue weighted by Gasteiger charge is 2.72. The first kappa shape index (κ1) is 26.3. The second kappa shape index (κ2) is 9.22. The molecular formula is C35H37N3O2S. The largest absolute Gasteiger partial charge is 0.358 e. The summed E-state index contributed by atoms with van der Waals surface area (Å²) in [5.74, 6) is 0.278. The van der Waals surface area contributed by atoms with Crippen molar-refractivity contribution < 1.29 is 8.42 Å². The molecule has 0 bridgehead atoms. The van der Waals surface area contributed by atoms with E-state index in [-0.39, 0.29) is 12.0 Å². The average molecular weight is 564 g/mol. The Morgan fingerprint density at radius 1 is 0.902 bits per heavy atom. The maximum atomic E-state index is 14.5. The van der Waals surface area contributed by atoms with Crippen LogP contribution in [0.3, 0.4) is 0 Å². The molecule has 3 aromatic rings. The Balaban J connectivity index is 1.55. The minimum atomic E-state index is -3.82. The van der Waals surface area contributed by atoms with Crippen molar-refractivity contribution >= 4 is 21.4 Å². The lowest BCUT2D eigenvalue weighted by Crippen LogP contribution is -2.61. The third kappa shape index (κ3) is 3.30. The summed E-state index contributed by atoms with van der Waals surface area (Å²) in [6.45, 7) is 4.33. The summed E-state index contributed by atoms with van der Waals surface area (Å²) in [5.41, 5.74) is 5.86. The second-order valence-electron chi connectivity index (χ2n) is 12.6. The van der Waals surface area contributed by atoms with E-state index in [2.05, 4.69) is 68.3 Å². The van der Waals surface area contributed by atoms with E-state index in [0.29, 0.717) is 4.90 Å². The first-order valence-electron chi connectivity index (χ1n) is 14.9. The molecule has 4 aliphatic rings. The van der Waals surface area contributed by atoms with Crippen LogP contribution >= 0.6 is 0 Å². The first-order chi connectivity index (χ1) is 19.8. The molecule has 0 radical (unpaired) electrons. The van der Waals surface area contributed by atoms with Gasteiger partial charge in [0.2, 0.25) is 0 Å². The van der Waals surface area contributed by atoms with Gasteiger partial charge in [-0.05, 0) is 80.5 Å². The molecule has 2 heterocycles. The van der Waals surface area contributed by atoms with E-state index in [1.165, 1.54) is 16.7 Å².